The lowest BCUT2D eigenvalue weighted by atomic mass is 9.98. The minimum atomic E-state index is -0.562. The summed E-state index contributed by atoms with van der Waals surface area (Å²) in [5, 5.41) is 5.65. The van der Waals surface area contributed by atoms with E-state index in [1.54, 1.807) is 33.2 Å². The Morgan fingerprint density at radius 3 is 2.11 bits per heavy atom. The molecular formula is C13H22N4O2. The minimum absolute atomic E-state index is 0.218. The van der Waals surface area contributed by atoms with Gasteiger partial charge in [-0.25, -0.2) is 14.8 Å². The first-order valence-electron chi connectivity index (χ1n) is 6.15. The van der Waals surface area contributed by atoms with Gasteiger partial charge in [0.15, 0.2) is 0 Å². The lowest BCUT2D eigenvalue weighted by molar-refractivity contribution is 0.0634. The third-order valence-corrected chi connectivity index (χ3v) is 2.61. The van der Waals surface area contributed by atoms with Crippen LogP contribution >= 0.6 is 0 Å². The number of aromatic nitrogens is 2. The predicted octanol–water partition coefficient (Wildman–Crippen LogP) is 2.28. The number of amides is 1. The van der Waals surface area contributed by atoms with Gasteiger partial charge in [-0.05, 0) is 41.7 Å². The summed E-state index contributed by atoms with van der Waals surface area (Å²) in [6.45, 7) is 9.43. The molecule has 0 aliphatic carbocycles. The molecule has 0 aliphatic heterocycles. The van der Waals surface area contributed by atoms with Crippen LogP contribution in [0.5, 0.6) is 0 Å². The Labute approximate surface area is 114 Å². The molecular weight excluding hydrogens is 244 g/mol. The Morgan fingerprint density at radius 1 is 1.16 bits per heavy atom. The van der Waals surface area contributed by atoms with E-state index in [1.165, 1.54) is 0 Å². The summed E-state index contributed by atoms with van der Waals surface area (Å²) in [6, 6.07) is 0. The van der Waals surface area contributed by atoms with Crippen LogP contribution in [-0.4, -0.2) is 28.7 Å². The van der Waals surface area contributed by atoms with E-state index in [-0.39, 0.29) is 11.5 Å². The first-order valence-corrected chi connectivity index (χ1v) is 6.15. The van der Waals surface area contributed by atoms with Gasteiger partial charge in [0, 0.05) is 23.5 Å². The van der Waals surface area contributed by atoms with Crippen molar-refractivity contribution in [2.75, 3.05) is 12.4 Å². The summed E-state index contributed by atoms with van der Waals surface area (Å²) in [5.74, 6) is 0.227. The molecule has 0 atom stereocenters. The molecule has 19 heavy (non-hydrogen) atoms. The van der Waals surface area contributed by atoms with Crippen LogP contribution in [0.4, 0.5) is 10.7 Å². The van der Waals surface area contributed by atoms with Gasteiger partial charge in [-0.15, -0.1) is 0 Å². The highest BCUT2D eigenvalue weighted by atomic mass is 16.6. The molecule has 1 aromatic heterocycles. The van der Waals surface area contributed by atoms with Crippen LogP contribution in [0.25, 0.3) is 0 Å². The van der Waals surface area contributed by atoms with Gasteiger partial charge in [0.05, 0.1) is 0 Å². The molecule has 6 heteroatoms. The summed E-state index contributed by atoms with van der Waals surface area (Å²) < 4.78 is 5.12. The highest BCUT2D eigenvalue weighted by Crippen LogP contribution is 2.18. The van der Waals surface area contributed by atoms with Crippen molar-refractivity contribution in [2.45, 2.75) is 45.8 Å². The molecule has 2 N–H and O–H groups in total. The zero-order valence-electron chi connectivity index (χ0n) is 12.4. The number of hydrogen-bond donors (Lipinski definition) is 2. The van der Waals surface area contributed by atoms with Gasteiger partial charge in [-0.3, -0.25) is 5.32 Å². The maximum atomic E-state index is 11.5. The molecule has 0 saturated carbocycles. The number of hydrogen-bond acceptors (Lipinski definition) is 5. The Hall–Kier alpha value is -1.69. The number of rotatable bonds is 3. The summed E-state index contributed by atoms with van der Waals surface area (Å²) in [6.07, 6.45) is 2.79. The monoisotopic (exact) mass is 266 g/mol. The zero-order chi connectivity index (χ0) is 14.7. The molecule has 0 radical (unpaired) electrons. The van der Waals surface area contributed by atoms with Crippen molar-refractivity contribution in [1.82, 2.24) is 15.3 Å². The van der Waals surface area contributed by atoms with Gasteiger partial charge in [-0.1, -0.05) is 0 Å². The molecule has 106 valence electrons. The molecule has 0 aliphatic rings. The van der Waals surface area contributed by atoms with Crippen molar-refractivity contribution in [3.63, 3.8) is 0 Å². The van der Waals surface area contributed by atoms with E-state index in [1.807, 2.05) is 20.9 Å². The smallest absolute Gasteiger partial charge is 0.414 e. The average Bonchev–Trinajstić information content (AvgIpc) is 2.27. The highest BCUT2D eigenvalue weighted by Gasteiger charge is 2.20. The quantitative estimate of drug-likeness (QED) is 0.877. The van der Waals surface area contributed by atoms with Crippen molar-refractivity contribution in [3.05, 3.63) is 18.0 Å². The second-order valence-corrected chi connectivity index (χ2v) is 5.80. The molecule has 0 bridgehead atoms. The van der Waals surface area contributed by atoms with Crippen LogP contribution in [0.15, 0.2) is 12.4 Å². The molecule has 1 amide bonds. The van der Waals surface area contributed by atoms with Crippen LogP contribution in [0.1, 0.15) is 40.2 Å². The first kappa shape index (κ1) is 15.4. The van der Waals surface area contributed by atoms with Crippen molar-refractivity contribution < 1.29 is 9.53 Å². The highest BCUT2D eigenvalue weighted by molar-refractivity contribution is 5.82. The van der Waals surface area contributed by atoms with E-state index in [2.05, 4.69) is 20.6 Å². The molecule has 0 saturated heterocycles. The van der Waals surface area contributed by atoms with E-state index in [0.717, 1.165) is 5.56 Å². The van der Waals surface area contributed by atoms with Gasteiger partial charge in [0.2, 0.25) is 5.95 Å². The van der Waals surface area contributed by atoms with Crippen LogP contribution in [0.3, 0.4) is 0 Å². The van der Waals surface area contributed by atoms with Crippen LogP contribution in [0, 0.1) is 0 Å². The van der Waals surface area contributed by atoms with Crippen LogP contribution in [0.2, 0.25) is 0 Å². The van der Waals surface area contributed by atoms with Crippen molar-refractivity contribution in [2.24, 2.45) is 0 Å². The molecule has 1 rings (SSSR count). The number of carbonyl (C=O) groups excluding carboxylic acids is 1. The number of anilines is 1. The standard InChI is InChI=1S/C13H22N4O2/c1-12(2,3)19-11(18)17-10-15-7-9(8-16-10)13(4,5)14-6/h7-8,14H,1-6H3,(H,15,16,17,18). The van der Waals surface area contributed by atoms with E-state index in [9.17, 15) is 4.79 Å². The third-order valence-electron chi connectivity index (χ3n) is 2.61. The summed E-state index contributed by atoms with van der Waals surface area (Å²) >= 11 is 0. The topological polar surface area (TPSA) is 76.1 Å². The SMILES string of the molecule is CNC(C)(C)c1cnc(NC(=O)OC(C)(C)C)nc1. The third kappa shape index (κ3) is 4.82. The van der Waals surface area contributed by atoms with Crippen molar-refractivity contribution in [1.29, 1.82) is 0 Å². The maximum Gasteiger partial charge on any atom is 0.414 e. The van der Waals surface area contributed by atoms with Crippen LogP contribution < -0.4 is 10.6 Å². The fourth-order valence-corrected chi connectivity index (χ4v) is 1.25. The van der Waals surface area contributed by atoms with Gasteiger partial charge < -0.3 is 10.1 Å². The van der Waals surface area contributed by atoms with Gasteiger partial charge in [0.1, 0.15) is 5.60 Å². The van der Waals surface area contributed by atoms with Crippen molar-refractivity contribution in [3.8, 4) is 0 Å². The summed E-state index contributed by atoms with van der Waals surface area (Å²) in [5.41, 5.74) is 0.174. The fourth-order valence-electron chi connectivity index (χ4n) is 1.25. The lowest BCUT2D eigenvalue weighted by Gasteiger charge is -2.23. The molecule has 0 unspecified atom stereocenters. The first-order chi connectivity index (χ1) is 8.64. The van der Waals surface area contributed by atoms with Crippen molar-refractivity contribution >= 4 is 12.0 Å². The number of ether oxygens (including phenoxy) is 1. The second-order valence-electron chi connectivity index (χ2n) is 5.80. The van der Waals surface area contributed by atoms with E-state index >= 15 is 0 Å². The molecule has 1 aromatic rings. The number of nitrogens with one attached hydrogen (secondary N) is 2. The molecule has 6 nitrogen and oxygen atoms in total. The number of nitrogens with zero attached hydrogens (tertiary/aromatic N) is 2. The van der Waals surface area contributed by atoms with E-state index < -0.39 is 11.7 Å². The van der Waals surface area contributed by atoms with Gasteiger partial charge in [0.25, 0.3) is 0 Å². The Morgan fingerprint density at radius 2 is 1.68 bits per heavy atom. The maximum absolute atomic E-state index is 11.5. The average molecular weight is 266 g/mol. The van der Waals surface area contributed by atoms with E-state index in [0.29, 0.717) is 0 Å². The fraction of sp³-hybridized carbons (Fsp3) is 0.615. The predicted molar refractivity (Wildman–Crippen MR) is 74.0 cm³/mol. The number of carbonyl (C=O) groups is 1. The van der Waals surface area contributed by atoms with Gasteiger partial charge in [-0.2, -0.15) is 0 Å². The van der Waals surface area contributed by atoms with E-state index in [4.69, 9.17) is 4.74 Å². The Balaban J connectivity index is 2.70. The Kier molecular flexibility index (Phi) is 4.47. The van der Waals surface area contributed by atoms with Crippen LogP contribution in [-0.2, 0) is 10.3 Å². The molecule has 1 heterocycles. The molecule has 0 aromatic carbocycles. The second kappa shape index (κ2) is 5.52. The molecule has 0 spiro atoms. The minimum Gasteiger partial charge on any atom is -0.444 e. The lowest BCUT2D eigenvalue weighted by Crippen LogP contribution is -2.33. The summed E-state index contributed by atoms with van der Waals surface area (Å²) in [7, 11) is 1.87. The zero-order valence-corrected chi connectivity index (χ0v) is 12.4. The Bertz CT molecular complexity index is 435. The molecule has 0 fully saturated rings. The van der Waals surface area contributed by atoms with Gasteiger partial charge >= 0.3 is 6.09 Å². The largest absolute Gasteiger partial charge is 0.444 e. The summed E-state index contributed by atoms with van der Waals surface area (Å²) in [4.78, 5) is 19.7. The normalized spacial score (nSPS) is 12.1.